The number of fused-ring (bicyclic) bond motifs is 1. The predicted molar refractivity (Wildman–Crippen MR) is 114 cm³/mol. The molecule has 0 bridgehead atoms. The molecule has 152 valence electrons. The van der Waals surface area contributed by atoms with Crippen molar-refractivity contribution in [3.8, 4) is 11.5 Å². The van der Waals surface area contributed by atoms with E-state index in [2.05, 4.69) is 40.6 Å². The fourth-order valence-corrected chi connectivity index (χ4v) is 4.32. The van der Waals surface area contributed by atoms with Gasteiger partial charge in [-0.1, -0.05) is 19.6 Å². The number of imidazole rings is 1. The second-order valence-electron chi connectivity index (χ2n) is 8.31. The highest BCUT2D eigenvalue weighted by atomic mass is 79.9. The summed E-state index contributed by atoms with van der Waals surface area (Å²) in [6, 6.07) is 6.61. The minimum atomic E-state index is -1.11. The van der Waals surface area contributed by atoms with Crippen molar-refractivity contribution in [3.05, 3.63) is 40.4 Å². The number of aromatic nitrogens is 2. The molecule has 0 amide bonds. The van der Waals surface area contributed by atoms with E-state index in [1.54, 1.807) is 6.07 Å². The second kappa shape index (κ2) is 8.80. The molecular formula is C20H27BrN2O4Si. The van der Waals surface area contributed by atoms with Crippen molar-refractivity contribution >= 4 is 30.0 Å². The molecule has 0 spiro atoms. The predicted octanol–water partition coefficient (Wildman–Crippen LogP) is 4.60. The van der Waals surface area contributed by atoms with E-state index in [-0.39, 0.29) is 11.9 Å². The van der Waals surface area contributed by atoms with Crippen molar-refractivity contribution in [2.45, 2.75) is 51.7 Å². The topological polar surface area (TPSA) is 62.6 Å². The summed E-state index contributed by atoms with van der Waals surface area (Å²) in [6.45, 7) is 10.2. The molecule has 3 rings (SSSR count). The number of carbonyl (C=O) groups is 1. The molecule has 0 aliphatic carbocycles. The minimum Gasteiger partial charge on any atom is -0.493 e. The van der Waals surface area contributed by atoms with Gasteiger partial charge in [-0.05, 0) is 52.2 Å². The number of benzene rings is 1. The Bertz CT molecular complexity index is 847. The normalized spacial score (nSPS) is 16.4. The second-order valence-corrected chi connectivity index (χ2v) is 14.7. The summed E-state index contributed by atoms with van der Waals surface area (Å²) in [6.07, 6.45) is 2.72. The monoisotopic (exact) mass is 466 g/mol. The van der Waals surface area contributed by atoms with E-state index in [0.29, 0.717) is 19.1 Å². The summed E-state index contributed by atoms with van der Waals surface area (Å²) in [7, 11) is -1.11. The Kier molecular flexibility index (Phi) is 6.62. The van der Waals surface area contributed by atoms with Crippen molar-refractivity contribution in [1.82, 2.24) is 9.55 Å². The largest absolute Gasteiger partial charge is 0.493 e. The number of esters is 1. The Morgan fingerprint density at radius 2 is 2.18 bits per heavy atom. The molecule has 2 heterocycles. The van der Waals surface area contributed by atoms with Crippen LogP contribution < -0.4 is 9.47 Å². The summed E-state index contributed by atoms with van der Waals surface area (Å²) in [5, 5.41) is 0. The lowest BCUT2D eigenvalue weighted by Crippen LogP contribution is -2.24. The van der Waals surface area contributed by atoms with Crippen LogP contribution in [0, 0.1) is 0 Å². The summed E-state index contributed by atoms with van der Waals surface area (Å²) in [5.41, 5.74) is 1.01. The van der Waals surface area contributed by atoms with Crippen LogP contribution in [0.3, 0.4) is 0 Å². The Morgan fingerprint density at radius 3 is 2.89 bits per heavy atom. The standard InChI is InChI=1S/C20H27BrN2O4Si/c1-14(24)27-17-5-6-18-15(10-17)9-16(12-26-18)20-22-19(21)11-23(20)13-25-7-8-28(2,3)4/h5-6,10-11,16H,7-9,12-13H2,1-4H3. The van der Waals surface area contributed by atoms with Crippen LogP contribution in [-0.2, 0) is 22.7 Å². The van der Waals surface area contributed by atoms with E-state index < -0.39 is 8.07 Å². The maximum Gasteiger partial charge on any atom is 0.308 e. The number of hydrogen-bond donors (Lipinski definition) is 0. The van der Waals surface area contributed by atoms with Crippen LogP contribution in [0.25, 0.3) is 0 Å². The third-order valence-electron chi connectivity index (χ3n) is 4.57. The van der Waals surface area contributed by atoms with E-state index >= 15 is 0 Å². The highest BCUT2D eigenvalue weighted by Crippen LogP contribution is 2.35. The number of nitrogens with zero attached hydrogens (tertiary/aromatic N) is 2. The maximum absolute atomic E-state index is 11.2. The number of halogens is 1. The number of carbonyl (C=O) groups excluding carboxylic acids is 1. The molecule has 0 N–H and O–H groups in total. The summed E-state index contributed by atoms with van der Waals surface area (Å²) in [4.78, 5) is 15.9. The van der Waals surface area contributed by atoms with Crippen LogP contribution in [0.4, 0.5) is 0 Å². The lowest BCUT2D eigenvalue weighted by Gasteiger charge is -2.26. The number of rotatable bonds is 7. The van der Waals surface area contributed by atoms with E-state index in [1.807, 2.05) is 22.9 Å². The van der Waals surface area contributed by atoms with E-state index in [9.17, 15) is 4.79 Å². The molecule has 1 aliphatic heterocycles. The van der Waals surface area contributed by atoms with Gasteiger partial charge in [0, 0.05) is 27.8 Å². The van der Waals surface area contributed by atoms with Gasteiger partial charge in [-0.3, -0.25) is 4.79 Å². The van der Waals surface area contributed by atoms with E-state index in [4.69, 9.17) is 14.2 Å². The zero-order valence-corrected chi connectivity index (χ0v) is 19.4. The first-order chi connectivity index (χ1) is 13.2. The fraction of sp³-hybridized carbons (Fsp3) is 0.500. The Morgan fingerprint density at radius 1 is 1.39 bits per heavy atom. The molecule has 8 heteroatoms. The van der Waals surface area contributed by atoms with Crippen molar-refractivity contribution < 1.29 is 19.0 Å². The minimum absolute atomic E-state index is 0.104. The Hall–Kier alpha value is -1.64. The third-order valence-corrected chi connectivity index (χ3v) is 6.66. The van der Waals surface area contributed by atoms with Crippen LogP contribution in [0.5, 0.6) is 11.5 Å². The van der Waals surface area contributed by atoms with Crippen LogP contribution >= 0.6 is 15.9 Å². The summed E-state index contributed by atoms with van der Waals surface area (Å²) < 4.78 is 19.9. The fourth-order valence-electron chi connectivity index (χ4n) is 3.13. The molecule has 0 saturated carbocycles. The smallest absolute Gasteiger partial charge is 0.308 e. The van der Waals surface area contributed by atoms with Gasteiger partial charge < -0.3 is 18.8 Å². The van der Waals surface area contributed by atoms with Gasteiger partial charge in [0.15, 0.2) is 0 Å². The average Bonchev–Trinajstić information content (AvgIpc) is 2.97. The zero-order chi connectivity index (χ0) is 20.3. The molecule has 0 radical (unpaired) electrons. The lowest BCUT2D eigenvalue weighted by molar-refractivity contribution is -0.131. The van der Waals surface area contributed by atoms with Crippen molar-refractivity contribution in [2.75, 3.05) is 13.2 Å². The van der Waals surface area contributed by atoms with Gasteiger partial charge in [0.05, 0.1) is 12.5 Å². The molecule has 0 saturated heterocycles. The van der Waals surface area contributed by atoms with Crippen molar-refractivity contribution in [1.29, 1.82) is 0 Å². The van der Waals surface area contributed by atoms with Crippen LogP contribution in [0.2, 0.25) is 25.7 Å². The molecule has 6 nitrogen and oxygen atoms in total. The van der Waals surface area contributed by atoms with Gasteiger partial charge in [0.2, 0.25) is 0 Å². The van der Waals surface area contributed by atoms with Gasteiger partial charge in [-0.15, -0.1) is 0 Å². The third kappa shape index (κ3) is 5.68. The first kappa shape index (κ1) is 21.1. The van der Waals surface area contributed by atoms with Crippen LogP contribution in [0.15, 0.2) is 29.0 Å². The molecule has 1 atom stereocenters. The van der Waals surface area contributed by atoms with Crippen molar-refractivity contribution in [2.24, 2.45) is 0 Å². The molecule has 0 fully saturated rings. The quantitative estimate of drug-likeness (QED) is 0.258. The SMILES string of the molecule is CC(=O)Oc1ccc2c(c1)CC(c1nc(Br)cn1COCC[Si](C)(C)C)CO2. The van der Waals surface area contributed by atoms with E-state index in [0.717, 1.165) is 40.8 Å². The lowest BCUT2D eigenvalue weighted by atomic mass is 9.96. The molecule has 28 heavy (non-hydrogen) atoms. The molecule has 1 aliphatic rings. The summed E-state index contributed by atoms with van der Waals surface area (Å²) in [5.74, 6) is 2.07. The van der Waals surface area contributed by atoms with Gasteiger partial charge >= 0.3 is 5.97 Å². The number of ether oxygens (including phenoxy) is 3. The van der Waals surface area contributed by atoms with Gasteiger partial charge in [-0.25, -0.2) is 4.98 Å². The van der Waals surface area contributed by atoms with Gasteiger partial charge in [0.25, 0.3) is 0 Å². The molecular weight excluding hydrogens is 440 g/mol. The number of hydrogen-bond acceptors (Lipinski definition) is 5. The first-order valence-electron chi connectivity index (χ1n) is 9.46. The van der Waals surface area contributed by atoms with Crippen LogP contribution in [0.1, 0.15) is 24.2 Å². The molecule has 1 aromatic heterocycles. The van der Waals surface area contributed by atoms with Crippen LogP contribution in [-0.4, -0.2) is 36.8 Å². The average molecular weight is 467 g/mol. The summed E-state index contributed by atoms with van der Waals surface area (Å²) >= 11 is 3.48. The van der Waals surface area contributed by atoms with Gasteiger partial charge in [-0.2, -0.15) is 0 Å². The zero-order valence-electron chi connectivity index (χ0n) is 16.8. The molecule has 2 aromatic rings. The highest BCUT2D eigenvalue weighted by Gasteiger charge is 2.26. The van der Waals surface area contributed by atoms with Crippen molar-refractivity contribution in [3.63, 3.8) is 0 Å². The molecule has 1 unspecified atom stereocenters. The van der Waals surface area contributed by atoms with Gasteiger partial charge in [0.1, 0.15) is 28.7 Å². The highest BCUT2D eigenvalue weighted by molar-refractivity contribution is 9.10. The first-order valence-corrected chi connectivity index (χ1v) is 14.0. The molecule has 1 aromatic carbocycles. The van der Waals surface area contributed by atoms with E-state index in [1.165, 1.54) is 6.92 Å². The maximum atomic E-state index is 11.2. The Balaban J connectivity index is 1.70. The Labute approximate surface area is 175 Å².